The number of hydrogen-bond donors (Lipinski definition) is 0. The average Bonchev–Trinajstić information content (AvgIpc) is 3.18. The molecule has 0 N–H and O–H groups in total. The van der Waals surface area contributed by atoms with Crippen LogP contribution in [0.4, 0.5) is 4.79 Å². The molecule has 0 aliphatic carbocycles. The molecule has 0 radical (unpaired) electrons. The van der Waals surface area contributed by atoms with Crippen LogP contribution >= 0.6 is 11.8 Å². The van der Waals surface area contributed by atoms with E-state index in [0.717, 1.165) is 22.4 Å². The van der Waals surface area contributed by atoms with Crippen molar-refractivity contribution in [1.29, 1.82) is 0 Å². The largest absolute Gasteiger partial charge is 0.491 e. The highest BCUT2D eigenvalue weighted by Gasteiger charge is 2.36. The van der Waals surface area contributed by atoms with Gasteiger partial charge in [0.1, 0.15) is 19.0 Å². The number of rotatable bonds is 7. The summed E-state index contributed by atoms with van der Waals surface area (Å²) in [6.07, 6.45) is 0. The maximum atomic E-state index is 12.2. The van der Waals surface area contributed by atoms with E-state index < -0.39 is 11.8 Å². The van der Waals surface area contributed by atoms with Gasteiger partial charge in [-0.05, 0) is 29.8 Å². The molecule has 9 heteroatoms. The monoisotopic (exact) mass is 412 g/mol. The SMILES string of the molecule is O=C1CSC(=O)N1Cc1ccc(OCCON2C(=O)c3ccccc3C2=O)cc1. The fraction of sp³-hybridized carbons (Fsp3) is 0.200. The van der Waals surface area contributed by atoms with Crippen LogP contribution in [-0.2, 0) is 16.2 Å². The topological polar surface area (TPSA) is 93.2 Å². The van der Waals surface area contributed by atoms with Gasteiger partial charge in [0.25, 0.3) is 17.1 Å². The summed E-state index contributed by atoms with van der Waals surface area (Å²) < 4.78 is 5.55. The molecule has 2 aromatic carbocycles. The summed E-state index contributed by atoms with van der Waals surface area (Å²) >= 11 is 1.00. The summed E-state index contributed by atoms with van der Waals surface area (Å²) in [6, 6.07) is 13.5. The van der Waals surface area contributed by atoms with E-state index >= 15 is 0 Å². The average molecular weight is 412 g/mol. The van der Waals surface area contributed by atoms with Gasteiger partial charge in [-0.15, -0.1) is 5.06 Å². The quantitative estimate of drug-likeness (QED) is 0.509. The third kappa shape index (κ3) is 3.87. The number of hydrogen-bond acceptors (Lipinski definition) is 7. The Balaban J connectivity index is 1.25. The number of ether oxygens (including phenoxy) is 1. The van der Waals surface area contributed by atoms with E-state index in [0.29, 0.717) is 16.9 Å². The normalized spacial score (nSPS) is 16.0. The maximum absolute atomic E-state index is 12.2. The van der Waals surface area contributed by atoms with E-state index in [2.05, 4.69) is 0 Å². The highest BCUT2D eigenvalue weighted by molar-refractivity contribution is 8.14. The number of nitrogens with zero attached hydrogens (tertiary/aromatic N) is 2. The predicted molar refractivity (Wildman–Crippen MR) is 103 cm³/mol. The van der Waals surface area contributed by atoms with Crippen molar-refractivity contribution in [3.63, 3.8) is 0 Å². The molecule has 2 heterocycles. The zero-order valence-electron chi connectivity index (χ0n) is 15.2. The zero-order valence-corrected chi connectivity index (χ0v) is 16.0. The number of imide groups is 2. The Morgan fingerprint density at radius 3 is 2.10 bits per heavy atom. The van der Waals surface area contributed by atoms with Crippen molar-refractivity contribution in [2.45, 2.75) is 6.54 Å². The van der Waals surface area contributed by atoms with Crippen LogP contribution in [0.3, 0.4) is 0 Å². The Labute approximate surface area is 170 Å². The number of thioether (sulfide) groups is 1. The molecule has 2 aromatic rings. The molecule has 8 nitrogen and oxygen atoms in total. The Morgan fingerprint density at radius 1 is 0.862 bits per heavy atom. The van der Waals surface area contributed by atoms with Crippen molar-refractivity contribution in [2.75, 3.05) is 19.0 Å². The lowest BCUT2D eigenvalue weighted by Crippen LogP contribution is -2.31. The van der Waals surface area contributed by atoms with E-state index in [1.807, 2.05) is 0 Å². The highest BCUT2D eigenvalue weighted by Crippen LogP contribution is 2.23. The van der Waals surface area contributed by atoms with E-state index in [1.54, 1.807) is 48.5 Å². The van der Waals surface area contributed by atoms with Gasteiger partial charge in [-0.3, -0.25) is 28.9 Å². The number of hydroxylamine groups is 2. The molecule has 29 heavy (non-hydrogen) atoms. The second-order valence-electron chi connectivity index (χ2n) is 6.31. The molecule has 1 fully saturated rings. The van der Waals surface area contributed by atoms with Crippen molar-refractivity contribution in [1.82, 2.24) is 9.96 Å². The minimum Gasteiger partial charge on any atom is -0.491 e. The van der Waals surface area contributed by atoms with E-state index in [-0.39, 0.29) is 36.7 Å². The Morgan fingerprint density at radius 2 is 1.52 bits per heavy atom. The first-order chi connectivity index (χ1) is 14.0. The van der Waals surface area contributed by atoms with Crippen LogP contribution in [0.15, 0.2) is 48.5 Å². The Bertz CT molecular complexity index is 940. The number of amides is 4. The minimum absolute atomic E-state index is 0.0151. The molecule has 4 rings (SSSR count). The summed E-state index contributed by atoms with van der Waals surface area (Å²) in [6.45, 7) is 0.377. The van der Waals surface area contributed by atoms with Gasteiger partial charge in [-0.2, -0.15) is 0 Å². The van der Waals surface area contributed by atoms with Gasteiger partial charge in [-0.1, -0.05) is 36.0 Å². The second-order valence-corrected chi connectivity index (χ2v) is 7.24. The number of carbonyl (C=O) groups excluding carboxylic acids is 4. The van der Waals surface area contributed by atoms with Crippen LogP contribution in [0, 0.1) is 0 Å². The fourth-order valence-electron chi connectivity index (χ4n) is 2.98. The van der Waals surface area contributed by atoms with Gasteiger partial charge in [-0.25, -0.2) is 0 Å². The van der Waals surface area contributed by atoms with Crippen LogP contribution in [-0.4, -0.2) is 51.9 Å². The highest BCUT2D eigenvalue weighted by atomic mass is 32.2. The van der Waals surface area contributed by atoms with Crippen LogP contribution in [0.2, 0.25) is 0 Å². The smallest absolute Gasteiger partial charge is 0.289 e. The van der Waals surface area contributed by atoms with Crippen molar-refractivity contribution in [2.24, 2.45) is 0 Å². The van der Waals surface area contributed by atoms with Gasteiger partial charge in [0, 0.05) is 0 Å². The van der Waals surface area contributed by atoms with Gasteiger partial charge in [0.05, 0.1) is 23.4 Å². The molecular weight excluding hydrogens is 396 g/mol. The van der Waals surface area contributed by atoms with Crippen LogP contribution in [0.5, 0.6) is 5.75 Å². The van der Waals surface area contributed by atoms with Gasteiger partial charge < -0.3 is 4.74 Å². The second kappa shape index (κ2) is 8.06. The first-order valence-electron chi connectivity index (χ1n) is 8.84. The lowest BCUT2D eigenvalue weighted by molar-refractivity contribution is -0.125. The lowest BCUT2D eigenvalue weighted by atomic mass is 10.1. The Kier molecular flexibility index (Phi) is 5.32. The molecule has 4 amide bonds. The molecule has 2 aliphatic rings. The third-order valence-electron chi connectivity index (χ3n) is 4.43. The van der Waals surface area contributed by atoms with Crippen LogP contribution in [0.25, 0.3) is 0 Å². The zero-order chi connectivity index (χ0) is 20.4. The molecular formula is C20H16N2O6S. The van der Waals surface area contributed by atoms with Gasteiger partial charge in [0.2, 0.25) is 5.91 Å². The molecule has 2 aliphatic heterocycles. The molecule has 0 unspecified atom stereocenters. The molecule has 0 bridgehead atoms. The molecule has 0 aromatic heterocycles. The fourth-order valence-corrected chi connectivity index (χ4v) is 3.70. The molecule has 0 saturated carbocycles. The van der Waals surface area contributed by atoms with Crippen molar-refractivity contribution in [3.05, 3.63) is 65.2 Å². The van der Waals surface area contributed by atoms with Gasteiger partial charge >= 0.3 is 0 Å². The molecule has 1 saturated heterocycles. The van der Waals surface area contributed by atoms with E-state index in [4.69, 9.17) is 9.57 Å². The molecule has 0 atom stereocenters. The molecule has 0 spiro atoms. The van der Waals surface area contributed by atoms with E-state index in [9.17, 15) is 19.2 Å². The summed E-state index contributed by atoms with van der Waals surface area (Å²) in [5.74, 6) is -0.412. The predicted octanol–water partition coefficient (Wildman–Crippen LogP) is 2.49. The van der Waals surface area contributed by atoms with Crippen molar-refractivity contribution in [3.8, 4) is 5.75 Å². The van der Waals surface area contributed by atoms with Crippen LogP contribution < -0.4 is 4.74 Å². The first-order valence-corrected chi connectivity index (χ1v) is 9.83. The summed E-state index contributed by atoms with van der Waals surface area (Å²) in [4.78, 5) is 54.2. The maximum Gasteiger partial charge on any atom is 0.289 e. The minimum atomic E-state index is -0.487. The van der Waals surface area contributed by atoms with E-state index in [1.165, 1.54) is 4.90 Å². The van der Waals surface area contributed by atoms with Gasteiger partial charge in [0.15, 0.2) is 0 Å². The summed E-state index contributed by atoms with van der Waals surface area (Å²) in [5.41, 5.74) is 1.45. The van der Waals surface area contributed by atoms with Crippen LogP contribution in [0.1, 0.15) is 26.3 Å². The summed E-state index contributed by atoms with van der Waals surface area (Å²) in [7, 11) is 0. The number of fused-ring (bicyclic) bond motifs is 1. The van der Waals surface area contributed by atoms with Crippen molar-refractivity contribution >= 4 is 34.7 Å². The summed E-state index contributed by atoms with van der Waals surface area (Å²) in [5, 5.41) is 0.514. The first kappa shape index (κ1) is 19.2. The standard InChI is InChI=1S/C20H16N2O6S/c23-17-12-29-20(26)21(17)11-13-5-7-14(8-6-13)27-9-10-28-22-18(24)15-3-1-2-4-16(15)19(22)25/h1-8H,9-12H2. The van der Waals surface area contributed by atoms with Crippen molar-refractivity contribution < 1.29 is 28.8 Å². The number of benzene rings is 2. The lowest BCUT2D eigenvalue weighted by Gasteiger charge is -2.14. The number of carbonyl (C=O) groups is 4. The Hall–Kier alpha value is -3.17. The third-order valence-corrected chi connectivity index (χ3v) is 5.29. The molecule has 148 valence electrons.